The van der Waals surface area contributed by atoms with Gasteiger partial charge < -0.3 is 11.1 Å². The minimum atomic E-state index is -0.197. The smallest absolute Gasteiger partial charge is 0.253 e. The van der Waals surface area contributed by atoms with E-state index in [1.54, 1.807) is 18.2 Å². The maximum atomic E-state index is 11.6. The standard InChI is InChI=1S/C10H13ClN2O/c1-6(2)13-10(14)7-4-3-5-8(12)9(7)11/h3-6H,12H2,1-2H3,(H,13,14). The number of nitrogens with two attached hydrogens (primary N) is 1. The highest BCUT2D eigenvalue weighted by Crippen LogP contribution is 2.22. The minimum Gasteiger partial charge on any atom is -0.398 e. The molecule has 0 spiro atoms. The van der Waals surface area contributed by atoms with E-state index in [9.17, 15) is 4.79 Å². The molecule has 4 heteroatoms. The Balaban J connectivity index is 2.96. The molecule has 0 radical (unpaired) electrons. The first kappa shape index (κ1) is 10.9. The lowest BCUT2D eigenvalue weighted by Gasteiger charge is -2.10. The lowest BCUT2D eigenvalue weighted by molar-refractivity contribution is 0.0943. The molecule has 14 heavy (non-hydrogen) atoms. The Morgan fingerprint density at radius 3 is 2.71 bits per heavy atom. The van der Waals surface area contributed by atoms with E-state index in [1.165, 1.54) is 0 Å². The molecule has 76 valence electrons. The fourth-order valence-corrected chi connectivity index (χ4v) is 1.28. The number of halogens is 1. The van der Waals surface area contributed by atoms with Gasteiger partial charge in [-0.1, -0.05) is 17.7 Å². The zero-order valence-corrected chi connectivity index (χ0v) is 8.93. The van der Waals surface area contributed by atoms with Crippen LogP contribution in [-0.4, -0.2) is 11.9 Å². The number of hydrogen-bond donors (Lipinski definition) is 2. The van der Waals surface area contributed by atoms with Crippen LogP contribution in [0.3, 0.4) is 0 Å². The van der Waals surface area contributed by atoms with E-state index >= 15 is 0 Å². The van der Waals surface area contributed by atoms with Gasteiger partial charge in [-0.15, -0.1) is 0 Å². The minimum absolute atomic E-state index is 0.0833. The third kappa shape index (κ3) is 2.39. The predicted molar refractivity (Wildman–Crippen MR) is 58.5 cm³/mol. The molecular weight excluding hydrogens is 200 g/mol. The maximum absolute atomic E-state index is 11.6. The van der Waals surface area contributed by atoms with Gasteiger partial charge in [0.15, 0.2) is 0 Å². The second-order valence-corrected chi connectivity index (χ2v) is 3.71. The molecule has 0 aliphatic rings. The van der Waals surface area contributed by atoms with Gasteiger partial charge in [-0.05, 0) is 26.0 Å². The van der Waals surface area contributed by atoms with E-state index in [4.69, 9.17) is 17.3 Å². The third-order valence-electron chi connectivity index (χ3n) is 1.69. The van der Waals surface area contributed by atoms with E-state index in [0.717, 1.165) is 0 Å². The highest BCUT2D eigenvalue weighted by molar-refractivity contribution is 6.36. The Labute approximate surface area is 88.2 Å². The Bertz CT molecular complexity index is 350. The topological polar surface area (TPSA) is 55.1 Å². The molecule has 3 N–H and O–H groups in total. The summed E-state index contributed by atoms with van der Waals surface area (Å²) in [6, 6.07) is 5.10. The molecule has 1 aromatic rings. The van der Waals surface area contributed by atoms with Crippen LogP contribution in [0.15, 0.2) is 18.2 Å². The van der Waals surface area contributed by atoms with Gasteiger partial charge in [0, 0.05) is 6.04 Å². The second-order valence-electron chi connectivity index (χ2n) is 3.34. The summed E-state index contributed by atoms with van der Waals surface area (Å²) >= 11 is 5.89. The predicted octanol–water partition coefficient (Wildman–Crippen LogP) is 2.06. The molecule has 3 nitrogen and oxygen atoms in total. The normalized spacial score (nSPS) is 10.3. The monoisotopic (exact) mass is 212 g/mol. The quantitative estimate of drug-likeness (QED) is 0.738. The van der Waals surface area contributed by atoms with Gasteiger partial charge in [-0.2, -0.15) is 0 Å². The lowest BCUT2D eigenvalue weighted by atomic mass is 10.2. The first-order chi connectivity index (χ1) is 6.52. The fourth-order valence-electron chi connectivity index (χ4n) is 1.07. The van der Waals surface area contributed by atoms with Crippen LogP contribution in [0.5, 0.6) is 0 Å². The summed E-state index contributed by atoms with van der Waals surface area (Å²) in [6.45, 7) is 3.77. The lowest BCUT2D eigenvalue weighted by Crippen LogP contribution is -2.30. The van der Waals surface area contributed by atoms with Crippen LogP contribution >= 0.6 is 11.6 Å². The van der Waals surface area contributed by atoms with Gasteiger partial charge in [0.05, 0.1) is 16.3 Å². The Kier molecular flexibility index (Phi) is 3.36. The average Bonchev–Trinajstić information content (AvgIpc) is 2.08. The summed E-state index contributed by atoms with van der Waals surface area (Å²) < 4.78 is 0. The van der Waals surface area contributed by atoms with Crippen molar-refractivity contribution in [3.05, 3.63) is 28.8 Å². The number of nitrogens with one attached hydrogen (secondary N) is 1. The van der Waals surface area contributed by atoms with Crippen LogP contribution in [0.1, 0.15) is 24.2 Å². The molecule has 0 saturated heterocycles. The molecule has 0 aliphatic carbocycles. The molecule has 0 aromatic heterocycles. The van der Waals surface area contributed by atoms with Crippen molar-refractivity contribution in [1.82, 2.24) is 5.32 Å². The Morgan fingerprint density at radius 1 is 1.50 bits per heavy atom. The fraction of sp³-hybridized carbons (Fsp3) is 0.300. The molecule has 1 amide bonds. The molecule has 0 fully saturated rings. The molecule has 1 rings (SSSR count). The van der Waals surface area contributed by atoms with E-state index in [2.05, 4.69) is 5.32 Å². The van der Waals surface area contributed by atoms with E-state index < -0.39 is 0 Å². The van der Waals surface area contributed by atoms with Gasteiger partial charge in [0.25, 0.3) is 5.91 Å². The molecule has 0 aliphatic heterocycles. The van der Waals surface area contributed by atoms with E-state index in [-0.39, 0.29) is 11.9 Å². The number of carbonyl (C=O) groups excluding carboxylic acids is 1. The van der Waals surface area contributed by atoms with Crippen LogP contribution in [0, 0.1) is 0 Å². The maximum Gasteiger partial charge on any atom is 0.253 e. The molecule has 0 atom stereocenters. The molecule has 0 saturated carbocycles. The van der Waals surface area contributed by atoms with Gasteiger partial charge in [-0.3, -0.25) is 4.79 Å². The second kappa shape index (κ2) is 4.33. The van der Waals surface area contributed by atoms with Crippen LogP contribution in [0.4, 0.5) is 5.69 Å². The van der Waals surface area contributed by atoms with Crippen LogP contribution < -0.4 is 11.1 Å². The number of hydrogen-bond acceptors (Lipinski definition) is 2. The van der Waals surface area contributed by atoms with E-state index in [0.29, 0.717) is 16.3 Å². The van der Waals surface area contributed by atoms with Gasteiger partial charge in [-0.25, -0.2) is 0 Å². The summed E-state index contributed by atoms with van der Waals surface area (Å²) in [7, 11) is 0. The Morgan fingerprint density at radius 2 is 2.14 bits per heavy atom. The molecule has 1 aromatic carbocycles. The van der Waals surface area contributed by atoms with Gasteiger partial charge >= 0.3 is 0 Å². The van der Waals surface area contributed by atoms with Crippen molar-refractivity contribution in [2.24, 2.45) is 0 Å². The highest BCUT2D eigenvalue weighted by atomic mass is 35.5. The average molecular weight is 213 g/mol. The number of anilines is 1. The summed E-state index contributed by atoms with van der Waals surface area (Å²) in [6.07, 6.45) is 0. The van der Waals surface area contributed by atoms with Crippen molar-refractivity contribution >= 4 is 23.2 Å². The zero-order valence-electron chi connectivity index (χ0n) is 8.17. The summed E-state index contributed by atoms with van der Waals surface area (Å²) in [4.78, 5) is 11.6. The number of rotatable bonds is 2. The SMILES string of the molecule is CC(C)NC(=O)c1cccc(N)c1Cl. The summed E-state index contributed by atoms with van der Waals surface area (Å²) in [5.74, 6) is -0.197. The van der Waals surface area contributed by atoms with Crippen molar-refractivity contribution < 1.29 is 4.79 Å². The molecular formula is C10H13ClN2O. The third-order valence-corrected chi connectivity index (χ3v) is 2.11. The molecule has 0 unspecified atom stereocenters. The number of carbonyl (C=O) groups is 1. The van der Waals surface area contributed by atoms with Crippen LogP contribution in [0.25, 0.3) is 0 Å². The van der Waals surface area contributed by atoms with Crippen molar-refractivity contribution in [1.29, 1.82) is 0 Å². The van der Waals surface area contributed by atoms with Crippen LogP contribution in [-0.2, 0) is 0 Å². The van der Waals surface area contributed by atoms with Crippen molar-refractivity contribution in [3.8, 4) is 0 Å². The highest BCUT2D eigenvalue weighted by Gasteiger charge is 2.12. The molecule has 0 heterocycles. The molecule has 0 bridgehead atoms. The first-order valence-corrected chi connectivity index (χ1v) is 4.75. The number of nitrogen functional groups attached to an aromatic ring is 1. The zero-order chi connectivity index (χ0) is 10.7. The van der Waals surface area contributed by atoms with Crippen molar-refractivity contribution in [2.45, 2.75) is 19.9 Å². The first-order valence-electron chi connectivity index (χ1n) is 4.37. The van der Waals surface area contributed by atoms with Crippen molar-refractivity contribution in [3.63, 3.8) is 0 Å². The van der Waals surface area contributed by atoms with E-state index in [1.807, 2.05) is 13.8 Å². The van der Waals surface area contributed by atoms with Crippen LogP contribution in [0.2, 0.25) is 5.02 Å². The summed E-state index contributed by atoms with van der Waals surface area (Å²) in [5.41, 5.74) is 6.41. The van der Waals surface area contributed by atoms with Gasteiger partial charge in [0.1, 0.15) is 0 Å². The Hall–Kier alpha value is -1.22. The van der Waals surface area contributed by atoms with Crippen molar-refractivity contribution in [2.75, 3.05) is 5.73 Å². The largest absolute Gasteiger partial charge is 0.398 e. The summed E-state index contributed by atoms with van der Waals surface area (Å²) in [5, 5.41) is 3.06. The number of benzene rings is 1. The number of amides is 1. The van der Waals surface area contributed by atoms with Gasteiger partial charge in [0.2, 0.25) is 0 Å².